The Balaban J connectivity index is 1.99. The Labute approximate surface area is 114 Å². The molecule has 104 valence electrons. The zero-order valence-electron chi connectivity index (χ0n) is 11.6. The molecule has 1 heterocycles. The third kappa shape index (κ3) is 3.70. The van der Waals surface area contributed by atoms with E-state index in [0.29, 0.717) is 12.5 Å². The van der Waals surface area contributed by atoms with Crippen molar-refractivity contribution in [2.45, 2.75) is 32.7 Å². The van der Waals surface area contributed by atoms with Crippen LogP contribution in [0.25, 0.3) is 0 Å². The van der Waals surface area contributed by atoms with Gasteiger partial charge in [0.1, 0.15) is 5.75 Å². The standard InChI is InChI=1S/C15H22N2O2/c1-3-19-13-8-4-7-12(10-13)17-15(18)14-11(2)6-5-9-16-14/h4,7-8,10-11,14,16H,3,5-6,9H2,1-2H3,(H,17,18). The Hall–Kier alpha value is -1.55. The molecule has 1 amide bonds. The quantitative estimate of drug-likeness (QED) is 0.876. The molecule has 1 aliphatic rings. The summed E-state index contributed by atoms with van der Waals surface area (Å²) in [5, 5.41) is 6.24. The second-order valence-corrected chi connectivity index (χ2v) is 5.00. The van der Waals surface area contributed by atoms with Gasteiger partial charge in [0.25, 0.3) is 0 Å². The van der Waals surface area contributed by atoms with Crippen LogP contribution in [-0.2, 0) is 4.79 Å². The average Bonchev–Trinajstić information content (AvgIpc) is 2.40. The van der Waals surface area contributed by atoms with Crippen molar-refractivity contribution in [1.29, 1.82) is 0 Å². The number of nitrogens with one attached hydrogen (secondary N) is 2. The van der Waals surface area contributed by atoms with E-state index in [0.717, 1.165) is 30.8 Å². The van der Waals surface area contributed by atoms with Crippen molar-refractivity contribution in [2.75, 3.05) is 18.5 Å². The van der Waals surface area contributed by atoms with Crippen molar-refractivity contribution in [3.05, 3.63) is 24.3 Å². The molecule has 0 radical (unpaired) electrons. The van der Waals surface area contributed by atoms with E-state index in [4.69, 9.17) is 4.74 Å². The first kappa shape index (κ1) is 13.9. The van der Waals surface area contributed by atoms with E-state index in [1.165, 1.54) is 0 Å². The molecule has 1 aliphatic heterocycles. The molecule has 2 unspecified atom stereocenters. The van der Waals surface area contributed by atoms with Gasteiger partial charge in [-0.1, -0.05) is 13.0 Å². The number of hydrogen-bond donors (Lipinski definition) is 2. The van der Waals surface area contributed by atoms with Crippen LogP contribution in [-0.4, -0.2) is 25.1 Å². The van der Waals surface area contributed by atoms with Crippen molar-refractivity contribution >= 4 is 11.6 Å². The van der Waals surface area contributed by atoms with Gasteiger partial charge in [0.05, 0.1) is 12.6 Å². The maximum atomic E-state index is 12.2. The summed E-state index contributed by atoms with van der Waals surface area (Å²) >= 11 is 0. The summed E-state index contributed by atoms with van der Waals surface area (Å²) < 4.78 is 5.43. The van der Waals surface area contributed by atoms with Crippen LogP contribution in [0.4, 0.5) is 5.69 Å². The summed E-state index contributed by atoms with van der Waals surface area (Å²) in [6, 6.07) is 7.42. The van der Waals surface area contributed by atoms with Gasteiger partial charge in [-0.2, -0.15) is 0 Å². The van der Waals surface area contributed by atoms with Crippen molar-refractivity contribution < 1.29 is 9.53 Å². The van der Waals surface area contributed by atoms with E-state index in [-0.39, 0.29) is 11.9 Å². The van der Waals surface area contributed by atoms with Gasteiger partial charge in [-0.15, -0.1) is 0 Å². The van der Waals surface area contributed by atoms with Crippen molar-refractivity contribution in [2.24, 2.45) is 5.92 Å². The monoisotopic (exact) mass is 262 g/mol. The average molecular weight is 262 g/mol. The lowest BCUT2D eigenvalue weighted by Crippen LogP contribution is -2.48. The minimum absolute atomic E-state index is 0.0425. The highest BCUT2D eigenvalue weighted by molar-refractivity contribution is 5.95. The first-order chi connectivity index (χ1) is 9.20. The van der Waals surface area contributed by atoms with Crippen LogP contribution in [0, 0.1) is 5.92 Å². The van der Waals surface area contributed by atoms with E-state index >= 15 is 0 Å². The molecular formula is C15H22N2O2. The van der Waals surface area contributed by atoms with Crippen LogP contribution in [0.15, 0.2) is 24.3 Å². The molecule has 4 nitrogen and oxygen atoms in total. The fourth-order valence-corrected chi connectivity index (χ4v) is 2.45. The van der Waals surface area contributed by atoms with Gasteiger partial charge in [0, 0.05) is 11.8 Å². The summed E-state index contributed by atoms with van der Waals surface area (Å²) in [7, 11) is 0. The number of rotatable bonds is 4. The normalized spacial score (nSPS) is 22.8. The van der Waals surface area contributed by atoms with Crippen molar-refractivity contribution in [3.8, 4) is 5.75 Å². The van der Waals surface area contributed by atoms with E-state index in [1.54, 1.807) is 0 Å². The molecule has 0 aromatic heterocycles. The van der Waals surface area contributed by atoms with E-state index in [1.807, 2.05) is 31.2 Å². The SMILES string of the molecule is CCOc1cccc(NC(=O)C2NCCCC2C)c1. The van der Waals surface area contributed by atoms with Crippen LogP contribution in [0.5, 0.6) is 5.75 Å². The van der Waals surface area contributed by atoms with Gasteiger partial charge >= 0.3 is 0 Å². The first-order valence-electron chi connectivity index (χ1n) is 6.98. The number of ether oxygens (including phenoxy) is 1. The molecule has 2 atom stereocenters. The number of piperidine rings is 1. The lowest BCUT2D eigenvalue weighted by Gasteiger charge is -2.28. The number of anilines is 1. The third-order valence-electron chi connectivity index (χ3n) is 3.46. The number of benzene rings is 1. The fraction of sp³-hybridized carbons (Fsp3) is 0.533. The van der Waals surface area contributed by atoms with Gasteiger partial charge in [0.2, 0.25) is 5.91 Å². The largest absolute Gasteiger partial charge is 0.494 e. The summed E-state index contributed by atoms with van der Waals surface area (Å²) in [6.07, 6.45) is 2.24. The predicted molar refractivity (Wildman–Crippen MR) is 76.4 cm³/mol. The van der Waals surface area contributed by atoms with Crippen molar-refractivity contribution in [3.63, 3.8) is 0 Å². The number of amides is 1. The topological polar surface area (TPSA) is 50.4 Å². The van der Waals surface area contributed by atoms with Gasteiger partial charge < -0.3 is 15.4 Å². The minimum atomic E-state index is -0.0931. The van der Waals surface area contributed by atoms with Crippen LogP contribution in [0.3, 0.4) is 0 Å². The summed E-state index contributed by atoms with van der Waals surface area (Å²) in [6.45, 7) is 5.60. The zero-order chi connectivity index (χ0) is 13.7. The molecule has 0 aliphatic carbocycles. The summed E-state index contributed by atoms with van der Waals surface area (Å²) in [5.74, 6) is 1.20. The lowest BCUT2D eigenvalue weighted by molar-refractivity contribution is -0.119. The Kier molecular flexibility index (Phi) is 4.80. The number of hydrogen-bond acceptors (Lipinski definition) is 3. The summed E-state index contributed by atoms with van der Waals surface area (Å²) in [5.41, 5.74) is 0.788. The minimum Gasteiger partial charge on any atom is -0.494 e. The molecule has 1 saturated heterocycles. The molecule has 0 saturated carbocycles. The van der Waals surface area contributed by atoms with Crippen LogP contribution >= 0.6 is 0 Å². The molecule has 0 spiro atoms. The molecular weight excluding hydrogens is 240 g/mol. The molecule has 1 fully saturated rings. The maximum Gasteiger partial charge on any atom is 0.241 e. The number of carbonyl (C=O) groups is 1. The van der Waals surface area contributed by atoms with E-state index in [2.05, 4.69) is 17.6 Å². The van der Waals surface area contributed by atoms with E-state index in [9.17, 15) is 4.79 Å². The lowest BCUT2D eigenvalue weighted by atomic mass is 9.92. The molecule has 0 bridgehead atoms. The fourth-order valence-electron chi connectivity index (χ4n) is 2.45. The highest BCUT2D eigenvalue weighted by Gasteiger charge is 2.27. The molecule has 1 aromatic rings. The predicted octanol–water partition coefficient (Wildman–Crippen LogP) is 2.41. The molecule has 4 heteroatoms. The second kappa shape index (κ2) is 6.57. The molecule has 2 N–H and O–H groups in total. The Morgan fingerprint density at radius 1 is 1.53 bits per heavy atom. The highest BCUT2D eigenvalue weighted by Crippen LogP contribution is 2.20. The second-order valence-electron chi connectivity index (χ2n) is 5.00. The van der Waals surface area contributed by atoms with Crippen molar-refractivity contribution in [1.82, 2.24) is 5.32 Å². The zero-order valence-corrected chi connectivity index (χ0v) is 11.6. The molecule has 2 rings (SSSR count). The van der Waals surface area contributed by atoms with Crippen LogP contribution in [0.2, 0.25) is 0 Å². The van der Waals surface area contributed by atoms with Crippen LogP contribution in [0.1, 0.15) is 26.7 Å². The first-order valence-corrected chi connectivity index (χ1v) is 6.98. The van der Waals surface area contributed by atoms with E-state index < -0.39 is 0 Å². The smallest absolute Gasteiger partial charge is 0.241 e. The van der Waals surface area contributed by atoms with Crippen LogP contribution < -0.4 is 15.4 Å². The Morgan fingerprint density at radius 3 is 3.11 bits per heavy atom. The molecule has 1 aromatic carbocycles. The highest BCUT2D eigenvalue weighted by atomic mass is 16.5. The maximum absolute atomic E-state index is 12.2. The third-order valence-corrected chi connectivity index (χ3v) is 3.46. The van der Waals surface area contributed by atoms with Gasteiger partial charge in [-0.25, -0.2) is 0 Å². The Bertz CT molecular complexity index is 434. The number of carbonyl (C=O) groups excluding carboxylic acids is 1. The van der Waals surface area contributed by atoms with Gasteiger partial charge in [-0.3, -0.25) is 4.79 Å². The van der Waals surface area contributed by atoms with Gasteiger partial charge in [0.15, 0.2) is 0 Å². The summed E-state index contributed by atoms with van der Waals surface area (Å²) in [4.78, 5) is 12.2. The molecule has 19 heavy (non-hydrogen) atoms. The van der Waals surface area contributed by atoms with Gasteiger partial charge in [-0.05, 0) is 44.4 Å². The Morgan fingerprint density at radius 2 is 2.37 bits per heavy atom.